The molecule has 2 aliphatic rings. The number of carbonyl (C=O) groups is 1. The van der Waals surface area contributed by atoms with Crippen molar-refractivity contribution < 1.29 is 18.3 Å². The van der Waals surface area contributed by atoms with Gasteiger partial charge in [-0.15, -0.1) is 0 Å². The van der Waals surface area contributed by atoms with Crippen LogP contribution in [0.1, 0.15) is 51.5 Å². The first-order valence-corrected chi connectivity index (χ1v) is 11.6. The number of hydrogen-bond acceptors (Lipinski definition) is 5. The van der Waals surface area contributed by atoms with Crippen molar-refractivity contribution in [3.8, 4) is 0 Å². The molecule has 2 aromatic heterocycles. The molecule has 1 saturated heterocycles. The molecule has 0 bridgehead atoms. The standard InChI is InChI=1S/C25H28F2N4O3/c1-25(2,3)34-24(33)31-9-8-19(18(27)12-31)29-22-15-7-6-14(26)10-16(15)20-21(30-22)17(13-4-5-13)11-28-23(20)32/h6-7,10-11,13,18-19H,4-5,8-9,12H2,1-3H3,(H,28,32)(H,29,30)/t18-,19-/m0/s1. The fourth-order valence-electron chi connectivity index (χ4n) is 4.56. The highest BCUT2D eigenvalue weighted by Gasteiger charge is 2.34. The number of carbonyl (C=O) groups excluding carboxylic acids is 1. The highest BCUT2D eigenvalue weighted by atomic mass is 19.1. The van der Waals surface area contributed by atoms with E-state index >= 15 is 4.39 Å². The van der Waals surface area contributed by atoms with E-state index in [0.717, 1.165) is 18.4 Å². The molecular weight excluding hydrogens is 442 g/mol. The van der Waals surface area contributed by atoms with E-state index in [1.165, 1.54) is 17.0 Å². The number of benzene rings is 1. The number of aromatic nitrogens is 2. The first-order valence-electron chi connectivity index (χ1n) is 11.6. The molecule has 0 unspecified atom stereocenters. The molecule has 2 fully saturated rings. The number of pyridine rings is 2. The lowest BCUT2D eigenvalue weighted by molar-refractivity contribution is 0.0125. The van der Waals surface area contributed by atoms with E-state index in [1.54, 1.807) is 33.0 Å². The third-order valence-electron chi connectivity index (χ3n) is 6.36. The van der Waals surface area contributed by atoms with Gasteiger partial charge in [0, 0.05) is 23.5 Å². The van der Waals surface area contributed by atoms with Gasteiger partial charge < -0.3 is 19.9 Å². The average molecular weight is 471 g/mol. The third-order valence-corrected chi connectivity index (χ3v) is 6.36. The summed E-state index contributed by atoms with van der Waals surface area (Å²) in [6.45, 7) is 5.55. The van der Waals surface area contributed by atoms with Crippen molar-refractivity contribution in [2.45, 2.75) is 63.8 Å². The number of ether oxygens (including phenoxy) is 1. The van der Waals surface area contributed by atoms with Gasteiger partial charge in [0.1, 0.15) is 23.4 Å². The van der Waals surface area contributed by atoms with Gasteiger partial charge in [-0.1, -0.05) is 0 Å². The lowest BCUT2D eigenvalue weighted by Gasteiger charge is -2.36. The number of halogens is 2. The van der Waals surface area contributed by atoms with E-state index in [0.29, 0.717) is 46.4 Å². The van der Waals surface area contributed by atoms with Gasteiger partial charge in [0.2, 0.25) is 0 Å². The number of H-pyrrole nitrogens is 1. The predicted octanol–water partition coefficient (Wildman–Crippen LogP) is 4.85. The summed E-state index contributed by atoms with van der Waals surface area (Å²) in [7, 11) is 0. The molecule has 1 aromatic carbocycles. The molecule has 180 valence electrons. The van der Waals surface area contributed by atoms with Crippen LogP contribution >= 0.6 is 0 Å². The van der Waals surface area contributed by atoms with Crippen LogP contribution in [0.5, 0.6) is 0 Å². The van der Waals surface area contributed by atoms with Gasteiger partial charge in [0.05, 0.1) is 23.5 Å². The van der Waals surface area contributed by atoms with E-state index in [2.05, 4.69) is 10.3 Å². The SMILES string of the molecule is CC(C)(C)OC(=O)N1CC[C@H](Nc2nc3c(C4CC4)c[nH]c(=O)c3c3cc(F)ccc23)[C@@H](F)C1. The number of rotatable bonds is 3. The lowest BCUT2D eigenvalue weighted by atomic mass is 10.0. The Morgan fingerprint density at radius 1 is 1.24 bits per heavy atom. The summed E-state index contributed by atoms with van der Waals surface area (Å²) in [5.74, 6) is 0.251. The van der Waals surface area contributed by atoms with Crippen LogP contribution < -0.4 is 10.9 Å². The largest absolute Gasteiger partial charge is 0.444 e. The highest BCUT2D eigenvalue weighted by Crippen LogP contribution is 2.43. The Bertz CT molecular complexity index is 1330. The van der Waals surface area contributed by atoms with Crippen molar-refractivity contribution in [2.24, 2.45) is 0 Å². The molecule has 2 N–H and O–H groups in total. The van der Waals surface area contributed by atoms with Crippen LogP contribution in [-0.4, -0.2) is 51.9 Å². The molecule has 0 radical (unpaired) electrons. The molecule has 9 heteroatoms. The number of nitrogens with one attached hydrogen (secondary N) is 2. The van der Waals surface area contributed by atoms with Crippen LogP contribution in [0.15, 0.2) is 29.2 Å². The van der Waals surface area contributed by atoms with Crippen molar-refractivity contribution in [2.75, 3.05) is 18.4 Å². The first kappa shape index (κ1) is 22.6. The summed E-state index contributed by atoms with van der Waals surface area (Å²) in [6.07, 6.45) is 2.16. The van der Waals surface area contributed by atoms with Gasteiger partial charge in [-0.2, -0.15) is 0 Å². The Morgan fingerprint density at radius 2 is 2.00 bits per heavy atom. The molecule has 2 atom stereocenters. The number of aromatic amines is 1. The summed E-state index contributed by atoms with van der Waals surface area (Å²) in [5.41, 5.74) is 0.454. The minimum Gasteiger partial charge on any atom is -0.444 e. The third kappa shape index (κ3) is 4.31. The molecule has 3 aromatic rings. The highest BCUT2D eigenvalue weighted by molar-refractivity contribution is 6.10. The van der Waals surface area contributed by atoms with Gasteiger partial charge in [-0.05, 0) is 69.7 Å². The van der Waals surface area contributed by atoms with Crippen molar-refractivity contribution in [3.63, 3.8) is 0 Å². The Morgan fingerprint density at radius 3 is 2.68 bits per heavy atom. The van der Waals surface area contributed by atoms with Gasteiger partial charge in [0.25, 0.3) is 5.56 Å². The maximum atomic E-state index is 15.2. The maximum absolute atomic E-state index is 15.2. The molecule has 5 rings (SSSR count). The molecule has 3 heterocycles. The number of amides is 1. The van der Waals surface area contributed by atoms with Crippen molar-refractivity contribution in [1.29, 1.82) is 0 Å². The van der Waals surface area contributed by atoms with Gasteiger partial charge in [-0.25, -0.2) is 18.6 Å². The van der Waals surface area contributed by atoms with Crippen molar-refractivity contribution in [3.05, 3.63) is 46.1 Å². The lowest BCUT2D eigenvalue weighted by Crippen LogP contribution is -2.51. The zero-order valence-corrected chi connectivity index (χ0v) is 19.5. The predicted molar refractivity (Wildman–Crippen MR) is 127 cm³/mol. The van der Waals surface area contributed by atoms with E-state index < -0.39 is 29.7 Å². The van der Waals surface area contributed by atoms with Crippen molar-refractivity contribution >= 4 is 33.6 Å². The van der Waals surface area contributed by atoms with Gasteiger partial charge in [-0.3, -0.25) is 4.79 Å². The number of piperidine rings is 1. The van der Waals surface area contributed by atoms with E-state index in [9.17, 15) is 14.0 Å². The number of likely N-dealkylation sites (tertiary alicyclic amines) is 1. The molecule has 34 heavy (non-hydrogen) atoms. The zero-order chi connectivity index (χ0) is 24.2. The fourth-order valence-corrected chi connectivity index (χ4v) is 4.56. The van der Waals surface area contributed by atoms with Gasteiger partial charge >= 0.3 is 6.09 Å². The summed E-state index contributed by atoms with van der Waals surface area (Å²) >= 11 is 0. The zero-order valence-electron chi connectivity index (χ0n) is 19.5. The molecule has 1 amide bonds. The summed E-state index contributed by atoms with van der Waals surface area (Å²) in [6, 6.07) is 3.60. The topological polar surface area (TPSA) is 87.3 Å². The summed E-state index contributed by atoms with van der Waals surface area (Å²) < 4.78 is 34.7. The Kier molecular flexibility index (Phi) is 5.45. The molecule has 0 spiro atoms. The van der Waals surface area contributed by atoms with Crippen LogP contribution in [0.2, 0.25) is 0 Å². The van der Waals surface area contributed by atoms with Crippen molar-refractivity contribution in [1.82, 2.24) is 14.9 Å². The van der Waals surface area contributed by atoms with E-state index in [4.69, 9.17) is 9.72 Å². The second-order valence-corrected chi connectivity index (χ2v) is 10.2. The number of nitrogens with zero attached hydrogens (tertiary/aromatic N) is 2. The Balaban J connectivity index is 1.49. The van der Waals surface area contributed by atoms with Crippen LogP contribution in [-0.2, 0) is 4.74 Å². The van der Waals surface area contributed by atoms with Gasteiger partial charge in [0.15, 0.2) is 0 Å². The Labute approximate surface area is 195 Å². The monoisotopic (exact) mass is 470 g/mol. The van der Waals surface area contributed by atoms with E-state index in [-0.39, 0.29) is 12.1 Å². The molecular formula is C25H28F2N4O3. The molecule has 1 aliphatic heterocycles. The van der Waals surface area contributed by atoms with Crippen LogP contribution in [0.4, 0.5) is 19.4 Å². The molecule has 1 saturated carbocycles. The first-order chi connectivity index (χ1) is 16.1. The maximum Gasteiger partial charge on any atom is 0.410 e. The number of alkyl halides is 1. The summed E-state index contributed by atoms with van der Waals surface area (Å²) in [4.78, 5) is 34.0. The molecule has 1 aliphatic carbocycles. The normalized spacial score (nSPS) is 21.1. The fraction of sp³-hybridized carbons (Fsp3) is 0.480. The summed E-state index contributed by atoms with van der Waals surface area (Å²) in [5, 5.41) is 4.54. The van der Waals surface area contributed by atoms with Crippen LogP contribution in [0.25, 0.3) is 21.7 Å². The number of fused-ring (bicyclic) bond motifs is 3. The quantitative estimate of drug-likeness (QED) is 0.535. The minimum atomic E-state index is -1.35. The minimum absolute atomic E-state index is 0.0975. The molecule has 7 nitrogen and oxygen atoms in total. The second kappa shape index (κ2) is 8.21. The van der Waals surface area contributed by atoms with Crippen LogP contribution in [0.3, 0.4) is 0 Å². The smallest absolute Gasteiger partial charge is 0.410 e. The Hall–Kier alpha value is -3.23. The number of hydrogen-bond donors (Lipinski definition) is 2. The number of anilines is 1. The van der Waals surface area contributed by atoms with Crippen LogP contribution in [0, 0.1) is 5.82 Å². The van der Waals surface area contributed by atoms with E-state index in [1.807, 2.05) is 0 Å². The second-order valence-electron chi connectivity index (χ2n) is 10.2. The average Bonchev–Trinajstić information content (AvgIpc) is 3.59.